The molecule has 3 heterocycles. The van der Waals surface area contributed by atoms with Crippen molar-refractivity contribution in [3.8, 4) is 5.69 Å². The number of nitrogens with zero attached hydrogens (tertiary/aromatic N) is 5. The Morgan fingerprint density at radius 1 is 1.10 bits per heavy atom. The summed E-state index contributed by atoms with van der Waals surface area (Å²) in [7, 11) is -5.17. The standard InChI is InChI=1S/C14H20ClNO2.C11H10Cl2F2N4O3S.C11H13Cl2NO3.C5H12NO4P/c1-4-11-7-6-8-12(5-2)14(11)16(10-18-3)13(17)9-15;1-5-16-19(11(20)18(5)10(14)15)9-4-8(17-23(2,21)22)6(12)3-7(9)13;1-11(2)14(10(15)9(12)13)6-8(17-11)7-4-3-5-16-7;1-11(9,10)3-2-4(6)5(7)8/h6-8H,4-5,9-10H2,1-3H3;3-4,10,17H,1-2H3;3-5,8-9H,6H2,1-2H3;4H,2-3,6H2,1H3,(H,7,8)(H,9,10). The Morgan fingerprint density at radius 2 is 1.70 bits per heavy atom. The molecule has 5 rings (SSSR count). The van der Waals surface area contributed by atoms with Crippen LogP contribution in [0, 0.1) is 6.92 Å². The zero-order valence-corrected chi connectivity index (χ0v) is 44.2. The number of furan rings is 1. The number of sulfonamides is 1. The molecule has 2 aromatic carbocycles. The lowest BCUT2D eigenvalue weighted by Gasteiger charge is -2.29. The molecule has 28 heteroatoms. The molecule has 1 saturated heterocycles. The summed E-state index contributed by atoms with van der Waals surface area (Å²) >= 11 is 28.7. The van der Waals surface area contributed by atoms with Gasteiger partial charge in [-0.2, -0.15) is 13.5 Å². The van der Waals surface area contributed by atoms with Crippen molar-refractivity contribution in [2.24, 2.45) is 5.73 Å². The Morgan fingerprint density at radius 3 is 2.13 bits per heavy atom. The minimum absolute atomic E-state index is 0.0257. The molecule has 0 bridgehead atoms. The fourth-order valence-electron chi connectivity index (χ4n) is 6.29. The molecule has 0 saturated carbocycles. The highest BCUT2D eigenvalue weighted by Gasteiger charge is 2.45. The molecule has 19 nitrogen and oxygen atoms in total. The first-order valence-corrected chi connectivity index (χ1v) is 26.8. The van der Waals surface area contributed by atoms with Gasteiger partial charge in [0.1, 0.15) is 42.1 Å². The van der Waals surface area contributed by atoms with Crippen LogP contribution >= 0.6 is 65.4 Å². The van der Waals surface area contributed by atoms with E-state index in [1.165, 1.54) is 24.6 Å². The van der Waals surface area contributed by atoms with Crippen molar-refractivity contribution in [2.75, 3.05) is 55.0 Å². The number of carboxylic acid groups (broad SMARTS) is 1. The SMILES string of the molecule is CC1(C)OC(c2ccco2)CN1C(=O)C(Cl)Cl.CCc1cccc(CC)c1N(COC)C(=O)CCl.CP(=O)(O)CCC(N)C(=O)O.Cc1nn(-c2cc(NS(C)(=O)=O)c(Cl)cc2Cl)c(=O)n1C(F)F. The molecular weight excluding hydrogens is 1060 g/mol. The van der Waals surface area contributed by atoms with Crippen molar-refractivity contribution in [3.05, 3.63) is 92.0 Å². The van der Waals surface area contributed by atoms with Crippen molar-refractivity contribution in [1.29, 1.82) is 0 Å². The monoisotopic (exact) mass is 1110 g/mol. The number of methoxy groups -OCH3 is 1. The highest BCUT2D eigenvalue weighted by molar-refractivity contribution is 7.92. The average Bonchev–Trinajstić information content (AvgIpc) is 3.99. The largest absolute Gasteiger partial charge is 0.480 e. The smallest absolute Gasteiger partial charge is 0.355 e. The number of benzene rings is 2. The number of aryl methyl sites for hydroxylation is 3. The van der Waals surface area contributed by atoms with Crippen LogP contribution in [0.1, 0.15) is 69.5 Å². The minimum atomic E-state index is -3.65. The number of anilines is 2. The lowest BCUT2D eigenvalue weighted by atomic mass is 10.0. The number of aliphatic carboxylic acids is 1. The molecule has 1 fully saturated rings. The number of halogens is 7. The molecule has 1 aliphatic rings. The van der Waals surface area contributed by atoms with Gasteiger partial charge in [0, 0.05) is 19.9 Å². The predicted octanol–water partition coefficient (Wildman–Crippen LogP) is 7.81. The number of nitrogens with one attached hydrogen (secondary N) is 1. The second kappa shape index (κ2) is 27.1. The minimum Gasteiger partial charge on any atom is -0.480 e. The first-order valence-electron chi connectivity index (χ1n) is 20.4. The van der Waals surface area contributed by atoms with Crippen LogP contribution in [0.5, 0.6) is 0 Å². The second-order valence-electron chi connectivity index (χ2n) is 15.4. The van der Waals surface area contributed by atoms with E-state index in [-0.39, 0.29) is 74.9 Å². The highest BCUT2D eigenvalue weighted by atomic mass is 35.5. The van der Waals surface area contributed by atoms with Gasteiger partial charge in [-0.1, -0.05) is 78.5 Å². The zero-order valence-electron chi connectivity index (χ0n) is 38.7. The Balaban J connectivity index is 0.000000325. The highest BCUT2D eigenvalue weighted by Crippen LogP contribution is 2.38. The number of hydrogen-bond acceptors (Lipinski definition) is 12. The number of nitrogens with two attached hydrogens (primary N) is 1. The Labute approximate surface area is 423 Å². The summed E-state index contributed by atoms with van der Waals surface area (Å²) in [6, 6.07) is 11.0. The molecule has 69 heavy (non-hydrogen) atoms. The van der Waals surface area contributed by atoms with Crippen LogP contribution in [-0.4, -0.2) is 117 Å². The van der Waals surface area contributed by atoms with E-state index in [2.05, 4.69) is 23.7 Å². The number of carboxylic acids is 1. The summed E-state index contributed by atoms with van der Waals surface area (Å²) in [6.07, 6.45) is 3.94. The first kappa shape index (κ1) is 61.3. The number of aromatic nitrogens is 3. The fraction of sp³-hybridized carbons (Fsp3) is 0.488. The van der Waals surface area contributed by atoms with Crippen LogP contribution in [0.3, 0.4) is 0 Å². The molecule has 2 aromatic heterocycles. The summed E-state index contributed by atoms with van der Waals surface area (Å²) in [5, 5.41) is 11.9. The number of carbonyl (C=O) groups is 3. The normalized spacial score (nSPS) is 15.5. The third kappa shape index (κ3) is 18.4. The lowest BCUT2D eigenvalue weighted by Crippen LogP contribution is -2.45. The van der Waals surface area contributed by atoms with Crippen LogP contribution in [0.25, 0.3) is 5.69 Å². The van der Waals surface area contributed by atoms with Gasteiger partial charge in [0.05, 0.1) is 46.2 Å². The molecule has 1 aliphatic heterocycles. The van der Waals surface area contributed by atoms with Crippen molar-refractivity contribution in [2.45, 2.75) is 83.1 Å². The summed E-state index contributed by atoms with van der Waals surface area (Å²) in [5.41, 5.74) is 6.32. The molecule has 4 aromatic rings. The summed E-state index contributed by atoms with van der Waals surface area (Å²) in [4.78, 5) is 56.7. The van der Waals surface area contributed by atoms with Crippen molar-refractivity contribution in [3.63, 3.8) is 0 Å². The Bertz CT molecular complexity index is 2560. The van der Waals surface area contributed by atoms with Crippen molar-refractivity contribution < 1.29 is 60.0 Å². The van der Waals surface area contributed by atoms with Crippen molar-refractivity contribution >= 4 is 105 Å². The summed E-state index contributed by atoms with van der Waals surface area (Å²) in [5.74, 6) is -1.20. The molecule has 3 atom stereocenters. The summed E-state index contributed by atoms with van der Waals surface area (Å²) < 4.78 is 78.1. The molecule has 3 unspecified atom stereocenters. The van der Waals surface area contributed by atoms with Gasteiger partial charge in [0.2, 0.25) is 15.9 Å². The topological polar surface area (TPSA) is 259 Å². The third-order valence-electron chi connectivity index (χ3n) is 9.56. The third-order valence-corrected chi connectivity index (χ3v) is 12.5. The van der Waals surface area contributed by atoms with E-state index in [1.807, 2.05) is 24.3 Å². The number of hydrogen-bond donors (Lipinski definition) is 4. The maximum atomic E-state index is 12.8. The van der Waals surface area contributed by atoms with E-state index >= 15 is 0 Å². The quantitative estimate of drug-likeness (QED) is 0.0474. The van der Waals surface area contributed by atoms with Gasteiger partial charge in [-0.25, -0.2) is 17.8 Å². The van der Waals surface area contributed by atoms with Crippen LogP contribution in [0.15, 0.2) is 57.9 Å². The van der Waals surface area contributed by atoms with Crippen LogP contribution < -0.4 is 21.0 Å². The van der Waals surface area contributed by atoms with Crippen LogP contribution in [0.2, 0.25) is 10.0 Å². The van der Waals surface area contributed by atoms with Gasteiger partial charge in [-0.15, -0.1) is 16.7 Å². The molecule has 5 N–H and O–H groups in total. The van der Waals surface area contributed by atoms with Crippen LogP contribution in [-0.2, 0) is 51.3 Å². The fourth-order valence-corrected chi connectivity index (χ4v) is 8.56. The zero-order chi connectivity index (χ0) is 52.8. The van der Waals surface area contributed by atoms with E-state index in [0.717, 1.165) is 42.0 Å². The van der Waals surface area contributed by atoms with Gasteiger partial charge in [0.25, 0.3) is 5.91 Å². The molecular formula is C41H55Cl5F2N7O12PS. The number of carbonyl (C=O) groups excluding carboxylic acids is 2. The van der Waals surface area contributed by atoms with Gasteiger partial charge in [0.15, 0.2) is 12.2 Å². The first-order chi connectivity index (χ1) is 31.9. The Kier molecular flexibility index (Phi) is 24.1. The number of amides is 2. The number of alkyl halides is 5. The van der Waals surface area contributed by atoms with Crippen molar-refractivity contribution in [1.82, 2.24) is 19.2 Å². The number of rotatable bonds is 16. The van der Waals surface area contributed by atoms with E-state index < -0.39 is 52.2 Å². The van der Waals surface area contributed by atoms with Crippen LogP contribution in [0.4, 0.5) is 20.2 Å². The Hall–Kier alpha value is -3.80. The maximum Gasteiger partial charge on any atom is 0.355 e. The van der Waals surface area contributed by atoms with Gasteiger partial charge >= 0.3 is 18.2 Å². The second-order valence-corrected chi connectivity index (χ2v) is 21.9. The lowest BCUT2D eigenvalue weighted by molar-refractivity contribution is -0.144. The van der Waals surface area contributed by atoms with Gasteiger partial charge in [-0.05, 0) is 75.4 Å². The van der Waals surface area contributed by atoms with E-state index in [0.29, 0.717) is 17.0 Å². The predicted molar refractivity (Wildman–Crippen MR) is 262 cm³/mol. The molecule has 0 radical (unpaired) electrons. The number of para-hydroxylation sites is 1. The molecule has 0 spiro atoms. The summed E-state index contributed by atoms with van der Waals surface area (Å²) in [6.45, 7) is 7.70. The molecule has 386 valence electrons. The van der Waals surface area contributed by atoms with Gasteiger partial charge in [-0.3, -0.25) is 28.6 Å². The average molecular weight is 1120 g/mol. The van der Waals surface area contributed by atoms with Gasteiger partial charge < -0.3 is 34.5 Å². The number of ether oxygens (including phenoxy) is 2. The molecule has 2 amide bonds. The van der Waals surface area contributed by atoms with E-state index in [1.54, 1.807) is 38.2 Å². The van der Waals surface area contributed by atoms with E-state index in [4.69, 9.17) is 87.6 Å². The molecule has 0 aliphatic carbocycles. The van der Waals surface area contributed by atoms with E-state index in [9.17, 15) is 40.9 Å². The maximum absolute atomic E-state index is 12.8.